The lowest BCUT2D eigenvalue weighted by molar-refractivity contribution is -0.122. The van der Waals surface area contributed by atoms with Crippen molar-refractivity contribution in [1.82, 2.24) is 4.98 Å². The summed E-state index contributed by atoms with van der Waals surface area (Å²) in [4.78, 5) is 28.8. The molecule has 0 radical (unpaired) electrons. The Morgan fingerprint density at radius 1 is 1.11 bits per heavy atom. The number of rotatable bonds is 5. The summed E-state index contributed by atoms with van der Waals surface area (Å²) in [6, 6.07) is 17.9. The second kappa shape index (κ2) is 7.76. The van der Waals surface area contributed by atoms with E-state index in [1.54, 1.807) is 0 Å². The van der Waals surface area contributed by atoms with E-state index in [-0.39, 0.29) is 17.4 Å². The standard InChI is InChI=1S/C22H24N4O2/c23-21(27)15-9-11-26(12-10-15)19-7-5-18(6-8-19)24-14-17-13-16-3-1-2-4-20(16)25-22(17)28/h1-8,13,15,24H,9-12,14H2,(H2,23,27)(H,25,28). The largest absolute Gasteiger partial charge is 0.381 e. The number of aromatic nitrogens is 1. The second-order valence-electron chi connectivity index (χ2n) is 7.28. The van der Waals surface area contributed by atoms with Crippen molar-refractivity contribution < 1.29 is 4.79 Å². The van der Waals surface area contributed by atoms with Crippen LogP contribution < -0.4 is 21.5 Å². The number of para-hydroxylation sites is 1. The molecular formula is C22H24N4O2. The van der Waals surface area contributed by atoms with Crippen LogP contribution in [0.4, 0.5) is 11.4 Å². The van der Waals surface area contributed by atoms with Gasteiger partial charge in [0.1, 0.15) is 0 Å². The van der Waals surface area contributed by atoms with Crippen molar-refractivity contribution in [3.8, 4) is 0 Å². The number of piperidine rings is 1. The number of carbonyl (C=O) groups is 1. The SMILES string of the molecule is NC(=O)C1CCN(c2ccc(NCc3cc4ccccc4[nH]c3=O)cc2)CC1. The third-order valence-electron chi connectivity index (χ3n) is 5.44. The van der Waals surface area contributed by atoms with E-state index in [4.69, 9.17) is 5.73 Å². The van der Waals surface area contributed by atoms with E-state index < -0.39 is 0 Å². The smallest absolute Gasteiger partial charge is 0.253 e. The number of H-pyrrole nitrogens is 1. The molecule has 28 heavy (non-hydrogen) atoms. The fourth-order valence-electron chi connectivity index (χ4n) is 3.73. The summed E-state index contributed by atoms with van der Waals surface area (Å²) < 4.78 is 0. The molecule has 2 aromatic carbocycles. The Morgan fingerprint density at radius 2 is 1.82 bits per heavy atom. The summed E-state index contributed by atoms with van der Waals surface area (Å²) in [6.45, 7) is 2.14. The molecule has 1 aliphatic rings. The van der Waals surface area contributed by atoms with Crippen molar-refractivity contribution >= 4 is 28.2 Å². The van der Waals surface area contributed by atoms with E-state index in [1.807, 2.05) is 42.5 Å². The van der Waals surface area contributed by atoms with Crippen molar-refractivity contribution in [3.05, 3.63) is 70.5 Å². The molecule has 4 N–H and O–H groups in total. The first-order valence-corrected chi connectivity index (χ1v) is 9.59. The van der Waals surface area contributed by atoms with E-state index in [1.165, 1.54) is 0 Å². The Bertz CT molecular complexity index is 1030. The van der Waals surface area contributed by atoms with Gasteiger partial charge in [-0.2, -0.15) is 0 Å². The van der Waals surface area contributed by atoms with Crippen LogP contribution in [0.2, 0.25) is 0 Å². The van der Waals surface area contributed by atoms with E-state index in [9.17, 15) is 9.59 Å². The van der Waals surface area contributed by atoms with Crippen LogP contribution in [-0.4, -0.2) is 24.0 Å². The van der Waals surface area contributed by atoms with E-state index in [2.05, 4.69) is 27.3 Å². The molecule has 0 atom stereocenters. The topological polar surface area (TPSA) is 91.2 Å². The van der Waals surface area contributed by atoms with Crippen molar-refractivity contribution in [2.75, 3.05) is 23.3 Å². The summed E-state index contributed by atoms with van der Waals surface area (Å²) in [5.41, 5.74) is 8.98. The van der Waals surface area contributed by atoms with E-state index in [0.717, 1.165) is 48.2 Å². The first-order valence-electron chi connectivity index (χ1n) is 9.59. The lowest BCUT2D eigenvalue weighted by atomic mass is 9.96. The normalized spacial score (nSPS) is 14.9. The van der Waals surface area contributed by atoms with Crippen LogP contribution in [0.3, 0.4) is 0 Å². The minimum atomic E-state index is -0.192. The van der Waals surface area contributed by atoms with Crippen LogP contribution in [-0.2, 0) is 11.3 Å². The summed E-state index contributed by atoms with van der Waals surface area (Å²) in [5.74, 6) is -0.194. The molecule has 1 aromatic heterocycles. The van der Waals surface area contributed by atoms with Gasteiger partial charge < -0.3 is 20.9 Å². The highest BCUT2D eigenvalue weighted by atomic mass is 16.1. The summed E-state index contributed by atoms with van der Waals surface area (Å²) in [7, 11) is 0. The number of amides is 1. The fourth-order valence-corrected chi connectivity index (χ4v) is 3.73. The second-order valence-corrected chi connectivity index (χ2v) is 7.28. The zero-order valence-corrected chi connectivity index (χ0v) is 15.7. The number of hydrogen-bond donors (Lipinski definition) is 3. The van der Waals surface area contributed by atoms with Crippen LogP contribution in [0, 0.1) is 5.92 Å². The minimum absolute atomic E-state index is 0.00256. The molecule has 1 aliphatic heterocycles. The third kappa shape index (κ3) is 3.86. The lowest BCUT2D eigenvalue weighted by Gasteiger charge is -2.32. The highest BCUT2D eigenvalue weighted by Crippen LogP contribution is 2.24. The maximum Gasteiger partial charge on any atom is 0.253 e. The number of fused-ring (bicyclic) bond motifs is 1. The molecule has 6 heteroatoms. The average molecular weight is 376 g/mol. The summed E-state index contributed by atoms with van der Waals surface area (Å²) in [6.07, 6.45) is 1.61. The predicted molar refractivity (Wildman–Crippen MR) is 112 cm³/mol. The lowest BCUT2D eigenvalue weighted by Crippen LogP contribution is -2.38. The highest BCUT2D eigenvalue weighted by molar-refractivity contribution is 5.79. The monoisotopic (exact) mass is 376 g/mol. The number of benzene rings is 2. The van der Waals surface area contributed by atoms with Gasteiger partial charge >= 0.3 is 0 Å². The van der Waals surface area contributed by atoms with Crippen molar-refractivity contribution in [2.45, 2.75) is 19.4 Å². The van der Waals surface area contributed by atoms with Crippen LogP contribution in [0.25, 0.3) is 10.9 Å². The number of pyridine rings is 1. The quantitative estimate of drug-likeness (QED) is 0.639. The van der Waals surface area contributed by atoms with Gasteiger partial charge in [-0.3, -0.25) is 9.59 Å². The molecule has 0 unspecified atom stereocenters. The van der Waals surface area contributed by atoms with Crippen LogP contribution >= 0.6 is 0 Å². The number of nitrogens with zero attached hydrogens (tertiary/aromatic N) is 1. The molecule has 0 saturated carbocycles. The van der Waals surface area contributed by atoms with Crippen LogP contribution in [0.15, 0.2) is 59.4 Å². The Balaban J connectivity index is 1.39. The Hall–Kier alpha value is -3.28. The van der Waals surface area contributed by atoms with Gasteiger partial charge in [0.25, 0.3) is 5.56 Å². The zero-order chi connectivity index (χ0) is 19.5. The molecule has 1 fully saturated rings. The van der Waals surface area contributed by atoms with Crippen molar-refractivity contribution in [1.29, 1.82) is 0 Å². The van der Waals surface area contributed by atoms with Crippen LogP contribution in [0.1, 0.15) is 18.4 Å². The first kappa shape index (κ1) is 18.1. The van der Waals surface area contributed by atoms with Gasteiger partial charge in [-0.05, 0) is 54.6 Å². The Morgan fingerprint density at radius 3 is 2.54 bits per heavy atom. The molecule has 144 valence electrons. The fraction of sp³-hybridized carbons (Fsp3) is 0.273. The number of aromatic amines is 1. The third-order valence-corrected chi connectivity index (χ3v) is 5.44. The Labute approximate surface area is 163 Å². The minimum Gasteiger partial charge on any atom is -0.381 e. The van der Waals surface area contributed by atoms with Gasteiger partial charge in [0.05, 0.1) is 0 Å². The highest BCUT2D eigenvalue weighted by Gasteiger charge is 2.23. The van der Waals surface area contributed by atoms with Gasteiger partial charge in [0.15, 0.2) is 0 Å². The maximum absolute atomic E-state index is 12.3. The Kier molecular flexibility index (Phi) is 5.02. The number of hydrogen-bond acceptors (Lipinski definition) is 4. The molecule has 0 aliphatic carbocycles. The molecule has 0 spiro atoms. The van der Waals surface area contributed by atoms with Gasteiger partial charge in [-0.15, -0.1) is 0 Å². The van der Waals surface area contributed by atoms with Gasteiger partial charge in [-0.25, -0.2) is 0 Å². The van der Waals surface area contributed by atoms with E-state index >= 15 is 0 Å². The molecule has 3 aromatic rings. The van der Waals surface area contributed by atoms with Gasteiger partial charge in [0.2, 0.25) is 5.91 Å². The van der Waals surface area contributed by atoms with Crippen molar-refractivity contribution in [3.63, 3.8) is 0 Å². The molecule has 1 saturated heterocycles. The molecule has 6 nitrogen and oxygen atoms in total. The first-order chi connectivity index (χ1) is 13.6. The van der Waals surface area contributed by atoms with E-state index in [0.29, 0.717) is 12.1 Å². The predicted octanol–water partition coefficient (Wildman–Crippen LogP) is 2.84. The summed E-state index contributed by atoms with van der Waals surface area (Å²) in [5, 5.41) is 4.34. The summed E-state index contributed by atoms with van der Waals surface area (Å²) >= 11 is 0. The average Bonchev–Trinajstić information content (AvgIpc) is 2.72. The van der Waals surface area contributed by atoms with Gasteiger partial charge in [0, 0.05) is 48.0 Å². The molecule has 2 heterocycles. The number of nitrogens with two attached hydrogens (primary N) is 1. The number of primary amides is 1. The zero-order valence-electron chi connectivity index (χ0n) is 15.7. The molecule has 1 amide bonds. The molecular weight excluding hydrogens is 352 g/mol. The number of nitrogens with one attached hydrogen (secondary N) is 2. The number of carbonyl (C=O) groups excluding carboxylic acids is 1. The maximum atomic E-state index is 12.3. The van der Waals surface area contributed by atoms with Crippen molar-refractivity contribution in [2.24, 2.45) is 11.7 Å². The molecule has 0 bridgehead atoms. The van der Waals surface area contributed by atoms with Crippen LogP contribution in [0.5, 0.6) is 0 Å². The van der Waals surface area contributed by atoms with Gasteiger partial charge in [-0.1, -0.05) is 18.2 Å². The molecule has 4 rings (SSSR count). The number of anilines is 2.